The van der Waals surface area contributed by atoms with Crippen LogP contribution in [0.3, 0.4) is 0 Å². The van der Waals surface area contributed by atoms with Gasteiger partial charge in [0.05, 0.1) is 28.3 Å². The Kier molecular flexibility index (Phi) is 4.48. The van der Waals surface area contributed by atoms with Gasteiger partial charge in [0, 0.05) is 11.1 Å². The molecule has 2 unspecified atom stereocenters. The second-order valence-corrected chi connectivity index (χ2v) is 8.51. The number of imidazole rings is 1. The number of anilines is 1. The molecule has 168 valence electrons. The fraction of sp³-hybridized carbons (Fsp3) is 0.154. The Morgan fingerprint density at radius 2 is 1.68 bits per heavy atom. The first-order valence-electron chi connectivity index (χ1n) is 11.1. The van der Waals surface area contributed by atoms with Crippen LogP contribution in [0.5, 0.6) is 0 Å². The molecule has 0 spiro atoms. The third-order valence-electron chi connectivity index (χ3n) is 6.39. The van der Waals surface area contributed by atoms with Gasteiger partial charge in [0.15, 0.2) is 0 Å². The Labute approximate surface area is 195 Å². The van der Waals surface area contributed by atoms with Crippen LogP contribution < -0.4 is 10.2 Å². The second-order valence-electron chi connectivity index (χ2n) is 8.51. The number of aromatic nitrogens is 2. The smallest absolute Gasteiger partial charge is 0.260 e. The second kappa shape index (κ2) is 7.55. The molecule has 4 aromatic rings. The topological polar surface area (TPSA) is 98.4 Å². The lowest BCUT2D eigenvalue weighted by atomic mass is 10.0. The molecule has 1 aromatic heterocycles. The molecule has 0 radical (unpaired) electrons. The molecule has 8 heteroatoms. The third-order valence-corrected chi connectivity index (χ3v) is 6.39. The highest BCUT2D eigenvalue weighted by molar-refractivity contribution is 6.17. The van der Waals surface area contributed by atoms with Gasteiger partial charge >= 0.3 is 0 Å². The fourth-order valence-electron chi connectivity index (χ4n) is 4.82. The number of para-hydroxylation sites is 3. The molecular weight excluding hydrogens is 430 g/mol. The number of H-pyrrole nitrogens is 1. The molecule has 2 atom stereocenters. The number of rotatable bonds is 4. The number of carbonyl (C=O) groups excluding carboxylic acids is 3. The first kappa shape index (κ1) is 20.2. The van der Waals surface area contributed by atoms with Gasteiger partial charge in [-0.05, 0) is 37.3 Å². The minimum Gasteiger partial charge on any atom is -0.345 e. The van der Waals surface area contributed by atoms with Crippen LogP contribution >= 0.6 is 0 Å². The Balaban J connectivity index is 1.31. The quantitative estimate of drug-likeness (QED) is 0.496. The highest BCUT2D eigenvalue weighted by Gasteiger charge is 2.48. The number of aromatic amines is 1. The van der Waals surface area contributed by atoms with Crippen molar-refractivity contribution in [2.75, 3.05) is 11.4 Å². The molecule has 0 saturated heterocycles. The molecule has 0 aliphatic carbocycles. The standard InChI is InChI=1S/C26H21N5O3/c1-15(23-28-19-11-5-6-12-20(19)29-23)27-22(32)14-30-24-16-8-2-3-9-17(16)26(34)31(24)21-13-7-4-10-18(21)25(30)33/h2-13,15,24H,14H2,1H3,(H,27,32)(H,28,29). The number of carbonyl (C=O) groups is 3. The van der Waals surface area contributed by atoms with Crippen molar-refractivity contribution in [1.29, 1.82) is 0 Å². The molecule has 6 rings (SSSR count). The Hall–Kier alpha value is -4.46. The van der Waals surface area contributed by atoms with Crippen molar-refractivity contribution in [1.82, 2.24) is 20.2 Å². The van der Waals surface area contributed by atoms with Gasteiger partial charge in [-0.2, -0.15) is 0 Å². The summed E-state index contributed by atoms with van der Waals surface area (Å²) in [7, 11) is 0. The maximum absolute atomic E-state index is 13.5. The molecule has 0 bridgehead atoms. The van der Waals surface area contributed by atoms with Crippen molar-refractivity contribution in [3.8, 4) is 0 Å². The largest absolute Gasteiger partial charge is 0.345 e. The minimum atomic E-state index is -0.668. The number of hydrogen-bond acceptors (Lipinski definition) is 4. The fourth-order valence-corrected chi connectivity index (χ4v) is 4.82. The number of fused-ring (bicyclic) bond motifs is 6. The first-order valence-corrected chi connectivity index (χ1v) is 11.1. The van der Waals surface area contributed by atoms with Crippen LogP contribution in [0.1, 0.15) is 51.2 Å². The zero-order valence-corrected chi connectivity index (χ0v) is 18.4. The number of hydrogen-bond donors (Lipinski definition) is 2. The maximum atomic E-state index is 13.5. The zero-order valence-electron chi connectivity index (χ0n) is 18.4. The predicted octanol–water partition coefficient (Wildman–Crippen LogP) is 3.56. The van der Waals surface area contributed by atoms with E-state index in [1.54, 1.807) is 41.3 Å². The molecular formula is C26H21N5O3. The maximum Gasteiger partial charge on any atom is 0.260 e. The molecule has 3 aromatic carbocycles. The van der Waals surface area contributed by atoms with Crippen LogP contribution in [0, 0.1) is 0 Å². The summed E-state index contributed by atoms with van der Waals surface area (Å²) in [4.78, 5) is 50.7. The highest BCUT2D eigenvalue weighted by atomic mass is 16.2. The van der Waals surface area contributed by atoms with Gasteiger partial charge < -0.3 is 15.2 Å². The number of benzene rings is 3. The SMILES string of the molecule is CC(NC(=O)CN1C(=O)c2ccccc2N2C(=O)c3ccccc3C12)c1nc2ccccc2[nH]1. The van der Waals surface area contributed by atoms with Gasteiger partial charge in [0.1, 0.15) is 18.5 Å². The van der Waals surface area contributed by atoms with Crippen LogP contribution in [0.4, 0.5) is 5.69 Å². The summed E-state index contributed by atoms with van der Waals surface area (Å²) in [6.45, 7) is 1.64. The van der Waals surface area contributed by atoms with E-state index in [1.165, 1.54) is 4.90 Å². The minimum absolute atomic E-state index is 0.179. The highest BCUT2D eigenvalue weighted by Crippen LogP contribution is 2.44. The van der Waals surface area contributed by atoms with E-state index >= 15 is 0 Å². The van der Waals surface area contributed by atoms with Gasteiger partial charge in [-0.25, -0.2) is 4.98 Å². The number of nitrogens with one attached hydrogen (secondary N) is 2. The summed E-state index contributed by atoms with van der Waals surface area (Å²) >= 11 is 0. The van der Waals surface area contributed by atoms with Crippen molar-refractivity contribution in [2.45, 2.75) is 19.1 Å². The molecule has 0 saturated carbocycles. The average molecular weight is 451 g/mol. The van der Waals surface area contributed by atoms with E-state index in [1.807, 2.05) is 43.3 Å². The third kappa shape index (κ3) is 2.99. The van der Waals surface area contributed by atoms with E-state index in [2.05, 4.69) is 15.3 Å². The average Bonchev–Trinajstić information content (AvgIpc) is 3.42. The molecule has 8 nitrogen and oxygen atoms in total. The van der Waals surface area contributed by atoms with E-state index in [9.17, 15) is 14.4 Å². The summed E-state index contributed by atoms with van der Waals surface area (Å²) < 4.78 is 0. The molecule has 34 heavy (non-hydrogen) atoms. The van der Waals surface area contributed by atoms with E-state index in [-0.39, 0.29) is 30.3 Å². The molecule has 0 fully saturated rings. The van der Waals surface area contributed by atoms with Gasteiger partial charge in [-0.1, -0.05) is 42.5 Å². The van der Waals surface area contributed by atoms with Crippen molar-refractivity contribution in [2.24, 2.45) is 0 Å². The van der Waals surface area contributed by atoms with Crippen LogP contribution in [0.2, 0.25) is 0 Å². The number of nitrogens with zero attached hydrogens (tertiary/aromatic N) is 3. The molecule has 3 heterocycles. The Morgan fingerprint density at radius 3 is 2.50 bits per heavy atom. The van der Waals surface area contributed by atoms with E-state index in [0.717, 1.165) is 11.0 Å². The monoisotopic (exact) mass is 451 g/mol. The van der Waals surface area contributed by atoms with E-state index in [0.29, 0.717) is 28.2 Å². The summed E-state index contributed by atoms with van der Waals surface area (Å²) in [6, 6.07) is 21.5. The van der Waals surface area contributed by atoms with Crippen molar-refractivity contribution in [3.05, 3.63) is 95.3 Å². The predicted molar refractivity (Wildman–Crippen MR) is 126 cm³/mol. The zero-order chi connectivity index (χ0) is 23.4. The Bertz CT molecular complexity index is 1440. The van der Waals surface area contributed by atoms with E-state index in [4.69, 9.17) is 0 Å². The van der Waals surface area contributed by atoms with Crippen molar-refractivity contribution < 1.29 is 14.4 Å². The normalized spacial score (nSPS) is 17.4. The van der Waals surface area contributed by atoms with Crippen LogP contribution in [0.15, 0.2) is 72.8 Å². The van der Waals surface area contributed by atoms with Crippen LogP contribution in [-0.2, 0) is 4.79 Å². The summed E-state index contributed by atoms with van der Waals surface area (Å²) in [6.07, 6.45) is -0.668. The van der Waals surface area contributed by atoms with Gasteiger partial charge in [-0.3, -0.25) is 19.3 Å². The summed E-state index contributed by atoms with van der Waals surface area (Å²) in [5, 5.41) is 2.93. The van der Waals surface area contributed by atoms with E-state index < -0.39 is 6.17 Å². The van der Waals surface area contributed by atoms with Crippen molar-refractivity contribution >= 4 is 34.4 Å². The molecule has 2 aliphatic heterocycles. The lowest BCUT2D eigenvalue weighted by molar-refractivity contribution is -0.123. The van der Waals surface area contributed by atoms with Crippen LogP contribution in [-0.4, -0.2) is 39.1 Å². The number of amides is 3. The van der Waals surface area contributed by atoms with Gasteiger partial charge in [-0.15, -0.1) is 0 Å². The first-order chi connectivity index (χ1) is 16.5. The molecule has 2 N–H and O–H groups in total. The summed E-state index contributed by atoms with van der Waals surface area (Å²) in [5.41, 5.74) is 3.92. The molecule has 3 amide bonds. The van der Waals surface area contributed by atoms with Gasteiger partial charge in [0.25, 0.3) is 11.8 Å². The lowest BCUT2D eigenvalue weighted by Crippen LogP contribution is -2.51. The lowest BCUT2D eigenvalue weighted by Gasteiger charge is -2.40. The Morgan fingerprint density at radius 1 is 0.971 bits per heavy atom. The van der Waals surface area contributed by atoms with Crippen molar-refractivity contribution in [3.63, 3.8) is 0 Å². The summed E-state index contributed by atoms with van der Waals surface area (Å²) in [5.74, 6) is -0.167. The van der Waals surface area contributed by atoms with Gasteiger partial charge in [0.2, 0.25) is 5.91 Å². The molecule has 2 aliphatic rings. The van der Waals surface area contributed by atoms with Crippen LogP contribution in [0.25, 0.3) is 11.0 Å².